The molecule has 0 aromatic heterocycles. The Morgan fingerprint density at radius 3 is 2.53 bits per heavy atom. The Bertz CT molecular complexity index is 445. The van der Waals surface area contributed by atoms with E-state index in [1.807, 2.05) is 0 Å². The number of hydrogen-bond acceptors (Lipinski definition) is 4. The molecule has 2 fully saturated rings. The first-order valence-corrected chi connectivity index (χ1v) is 8.29. The van der Waals surface area contributed by atoms with Crippen LogP contribution >= 0.6 is 0 Å². The third kappa shape index (κ3) is 2.93. The number of sulfonamides is 1. The zero-order chi connectivity index (χ0) is 14.1. The standard InChI is InChI=1S/C12H22N2O4S/c1-12(11(13)15)9-14(7-8-18-12)19(16,17)10-5-3-2-4-6-10/h10H,2-9H2,1H3,(H2,13,15). The number of rotatable bonds is 3. The minimum atomic E-state index is -3.34. The van der Waals surface area contributed by atoms with E-state index in [2.05, 4.69) is 0 Å². The van der Waals surface area contributed by atoms with Crippen molar-refractivity contribution >= 4 is 15.9 Å². The van der Waals surface area contributed by atoms with Gasteiger partial charge in [-0.05, 0) is 19.8 Å². The lowest BCUT2D eigenvalue weighted by Crippen LogP contribution is -2.59. The average Bonchev–Trinajstić information content (AvgIpc) is 2.39. The van der Waals surface area contributed by atoms with Crippen LogP contribution in [0.2, 0.25) is 0 Å². The van der Waals surface area contributed by atoms with Crippen LogP contribution in [0.15, 0.2) is 0 Å². The van der Waals surface area contributed by atoms with Gasteiger partial charge in [-0.2, -0.15) is 4.31 Å². The monoisotopic (exact) mass is 290 g/mol. The Balaban J connectivity index is 2.14. The molecule has 0 aromatic carbocycles. The van der Waals surface area contributed by atoms with Crippen molar-refractivity contribution in [2.75, 3.05) is 19.7 Å². The summed E-state index contributed by atoms with van der Waals surface area (Å²) in [4.78, 5) is 11.4. The van der Waals surface area contributed by atoms with Crippen molar-refractivity contribution < 1.29 is 17.9 Å². The molecule has 1 heterocycles. The molecule has 0 aromatic rings. The first-order chi connectivity index (χ1) is 8.86. The summed E-state index contributed by atoms with van der Waals surface area (Å²) in [5, 5.41) is -0.309. The van der Waals surface area contributed by atoms with Crippen molar-refractivity contribution in [3.05, 3.63) is 0 Å². The lowest BCUT2D eigenvalue weighted by atomic mass is 10.0. The van der Waals surface area contributed by atoms with Crippen LogP contribution in [0.1, 0.15) is 39.0 Å². The predicted octanol–water partition coefficient (Wildman–Crippen LogP) is 0.225. The van der Waals surface area contributed by atoms with Crippen LogP contribution in [-0.4, -0.2) is 49.2 Å². The minimum Gasteiger partial charge on any atom is -0.367 e. The van der Waals surface area contributed by atoms with Gasteiger partial charge in [-0.1, -0.05) is 19.3 Å². The van der Waals surface area contributed by atoms with Crippen LogP contribution in [0.3, 0.4) is 0 Å². The number of nitrogens with two attached hydrogens (primary N) is 1. The van der Waals surface area contributed by atoms with Crippen LogP contribution in [0.5, 0.6) is 0 Å². The highest BCUT2D eigenvalue weighted by molar-refractivity contribution is 7.89. The lowest BCUT2D eigenvalue weighted by molar-refractivity contribution is -0.148. The molecule has 2 rings (SSSR count). The summed E-state index contributed by atoms with van der Waals surface area (Å²) in [7, 11) is -3.34. The third-order valence-electron chi connectivity index (χ3n) is 4.09. The molecule has 1 saturated heterocycles. The smallest absolute Gasteiger partial charge is 0.250 e. The quantitative estimate of drug-likeness (QED) is 0.805. The Morgan fingerprint density at radius 1 is 1.32 bits per heavy atom. The van der Waals surface area contributed by atoms with Gasteiger partial charge in [-0.25, -0.2) is 8.42 Å². The van der Waals surface area contributed by atoms with E-state index in [-0.39, 0.29) is 18.4 Å². The highest BCUT2D eigenvalue weighted by Crippen LogP contribution is 2.28. The number of morpholine rings is 1. The number of carbonyl (C=O) groups excluding carboxylic acids is 1. The second-order valence-corrected chi connectivity index (χ2v) is 7.80. The molecule has 1 aliphatic heterocycles. The molecule has 110 valence electrons. The van der Waals surface area contributed by atoms with E-state index in [1.54, 1.807) is 6.92 Å². The molecule has 1 atom stereocenters. The van der Waals surface area contributed by atoms with E-state index in [9.17, 15) is 13.2 Å². The maximum Gasteiger partial charge on any atom is 0.250 e. The fraction of sp³-hybridized carbons (Fsp3) is 0.917. The molecule has 0 bridgehead atoms. The SMILES string of the molecule is CC1(C(N)=O)CN(S(=O)(=O)C2CCCCC2)CCO1. The summed E-state index contributed by atoms with van der Waals surface area (Å²) in [6.45, 7) is 2.10. The van der Waals surface area contributed by atoms with Crippen molar-refractivity contribution in [3.8, 4) is 0 Å². The minimum absolute atomic E-state index is 0.0289. The van der Waals surface area contributed by atoms with Gasteiger partial charge in [0, 0.05) is 6.54 Å². The molecular formula is C12H22N2O4S. The first kappa shape index (κ1) is 14.7. The third-order valence-corrected chi connectivity index (χ3v) is 6.44. The molecule has 2 aliphatic rings. The second kappa shape index (κ2) is 5.38. The van der Waals surface area contributed by atoms with Gasteiger partial charge in [0.25, 0.3) is 5.91 Å². The Morgan fingerprint density at radius 2 is 1.95 bits per heavy atom. The van der Waals surface area contributed by atoms with E-state index in [4.69, 9.17) is 10.5 Å². The largest absolute Gasteiger partial charge is 0.367 e. The number of hydrogen-bond donors (Lipinski definition) is 1. The summed E-state index contributed by atoms with van der Waals surface area (Å²) >= 11 is 0. The van der Waals surface area contributed by atoms with Gasteiger partial charge in [0.1, 0.15) is 0 Å². The Labute approximate surface area is 114 Å². The number of primary amides is 1. The normalized spacial score (nSPS) is 31.2. The number of amides is 1. The highest BCUT2D eigenvalue weighted by atomic mass is 32.2. The first-order valence-electron chi connectivity index (χ1n) is 6.79. The zero-order valence-electron chi connectivity index (χ0n) is 11.3. The van der Waals surface area contributed by atoms with Crippen LogP contribution in [0, 0.1) is 0 Å². The van der Waals surface area contributed by atoms with Gasteiger partial charge in [0.05, 0.1) is 18.4 Å². The van der Waals surface area contributed by atoms with Crippen LogP contribution in [-0.2, 0) is 19.6 Å². The van der Waals surface area contributed by atoms with E-state index in [0.717, 1.165) is 19.3 Å². The molecule has 1 aliphatic carbocycles. The highest BCUT2D eigenvalue weighted by Gasteiger charge is 2.43. The molecule has 7 heteroatoms. The van der Waals surface area contributed by atoms with Crippen LogP contribution in [0.25, 0.3) is 0 Å². The summed E-state index contributed by atoms with van der Waals surface area (Å²) in [5.41, 5.74) is 4.09. The second-order valence-electron chi connectivity index (χ2n) is 5.58. The van der Waals surface area contributed by atoms with Crippen molar-refractivity contribution in [1.82, 2.24) is 4.31 Å². The van der Waals surface area contributed by atoms with Crippen molar-refractivity contribution in [1.29, 1.82) is 0 Å². The van der Waals surface area contributed by atoms with Crippen molar-refractivity contribution in [3.63, 3.8) is 0 Å². The molecular weight excluding hydrogens is 268 g/mol. The fourth-order valence-electron chi connectivity index (χ4n) is 2.77. The van der Waals surface area contributed by atoms with Crippen LogP contribution < -0.4 is 5.73 Å². The molecule has 19 heavy (non-hydrogen) atoms. The van der Waals surface area contributed by atoms with Gasteiger partial charge in [-0.3, -0.25) is 4.79 Å². The van der Waals surface area contributed by atoms with Gasteiger partial charge in [0.15, 0.2) is 5.60 Å². The Hall–Kier alpha value is -0.660. The topological polar surface area (TPSA) is 89.7 Å². The molecule has 0 spiro atoms. The van der Waals surface area contributed by atoms with Gasteiger partial charge >= 0.3 is 0 Å². The van der Waals surface area contributed by atoms with E-state index >= 15 is 0 Å². The van der Waals surface area contributed by atoms with Crippen molar-refractivity contribution in [2.45, 2.75) is 49.9 Å². The van der Waals surface area contributed by atoms with Gasteiger partial charge in [0.2, 0.25) is 10.0 Å². The van der Waals surface area contributed by atoms with E-state index in [1.165, 1.54) is 4.31 Å². The van der Waals surface area contributed by atoms with E-state index < -0.39 is 21.5 Å². The maximum absolute atomic E-state index is 12.6. The summed E-state index contributed by atoms with van der Waals surface area (Å²) in [6.07, 6.45) is 4.46. The molecule has 6 nitrogen and oxygen atoms in total. The van der Waals surface area contributed by atoms with Gasteiger partial charge < -0.3 is 10.5 Å². The molecule has 1 amide bonds. The fourth-order valence-corrected chi connectivity index (χ4v) is 4.88. The van der Waals surface area contributed by atoms with Crippen molar-refractivity contribution in [2.24, 2.45) is 5.73 Å². The number of ether oxygens (including phenoxy) is 1. The molecule has 2 N–H and O–H groups in total. The Kier molecular flexibility index (Phi) is 4.17. The summed E-state index contributed by atoms with van der Waals surface area (Å²) in [5.74, 6) is -0.615. The number of carbonyl (C=O) groups is 1. The molecule has 0 radical (unpaired) electrons. The molecule has 1 unspecified atom stereocenters. The average molecular weight is 290 g/mol. The predicted molar refractivity (Wildman–Crippen MR) is 70.9 cm³/mol. The maximum atomic E-state index is 12.6. The summed E-state index contributed by atoms with van der Waals surface area (Å²) < 4.78 is 31.9. The van der Waals surface area contributed by atoms with Crippen LogP contribution in [0.4, 0.5) is 0 Å². The van der Waals surface area contributed by atoms with E-state index in [0.29, 0.717) is 19.4 Å². The lowest BCUT2D eigenvalue weighted by Gasteiger charge is -2.39. The summed E-state index contributed by atoms with van der Waals surface area (Å²) in [6, 6.07) is 0. The zero-order valence-corrected chi connectivity index (χ0v) is 12.1. The number of nitrogens with zero attached hydrogens (tertiary/aromatic N) is 1. The molecule has 1 saturated carbocycles. The van der Waals surface area contributed by atoms with Gasteiger partial charge in [-0.15, -0.1) is 0 Å².